The van der Waals surface area contributed by atoms with Crippen LogP contribution in [0.5, 0.6) is 5.75 Å². The summed E-state index contributed by atoms with van der Waals surface area (Å²) in [4.78, 5) is 19.9. The van der Waals surface area contributed by atoms with Crippen molar-refractivity contribution in [3.63, 3.8) is 0 Å². The normalized spacial score (nSPS) is 29.7. The number of benzene rings is 2. The number of carbonyl (C=O) groups excluding carboxylic acids is 1. The van der Waals surface area contributed by atoms with Crippen molar-refractivity contribution in [2.24, 2.45) is 16.6 Å². The molecule has 9 heteroatoms. The second-order valence-electron chi connectivity index (χ2n) is 9.08. The van der Waals surface area contributed by atoms with E-state index < -0.39 is 17.1 Å². The SMILES string of the molecule is CN1C(=O)C2(N=C1N)c1cc(-c3cc(F)cc(Cl)c3)ccc1OC1CCC3(C[C@@H]12)OCCO3. The van der Waals surface area contributed by atoms with Crippen molar-refractivity contribution in [2.75, 3.05) is 20.3 Å². The Balaban J connectivity index is 1.53. The summed E-state index contributed by atoms with van der Waals surface area (Å²) in [5.74, 6) is -1.01. The summed E-state index contributed by atoms with van der Waals surface area (Å²) in [6, 6.07) is 9.82. The number of aliphatic imine (C=N–C) groups is 1. The van der Waals surface area contributed by atoms with Gasteiger partial charge < -0.3 is 19.9 Å². The van der Waals surface area contributed by atoms with Gasteiger partial charge in [-0.05, 0) is 47.9 Å². The predicted molar refractivity (Wildman–Crippen MR) is 119 cm³/mol. The second-order valence-corrected chi connectivity index (χ2v) is 9.52. The molecule has 2 aromatic rings. The molecule has 0 bridgehead atoms. The van der Waals surface area contributed by atoms with Crippen LogP contribution < -0.4 is 10.5 Å². The van der Waals surface area contributed by atoms with Gasteiger partial charge in [0.1, 0.15) is 17.7 Å². The summed E-state index contributed by atoms with van der Waals surface area (Å²) >= 11 is 6.09. The molecular weight excluding hydrogens is 449 g/mol. The van der Waals surface area contributed by atoms with E-state index in [0.29, 0.717) is 54.9 Å². The Labute approximate surface area is 195 Å². The fourth-order valence-corrected chi connectivity index (χ4v) is 5.94. The zero-order valence-electron chi connectivity index (χ0n) is 18.0. The third kappa shape index (κ3) is 3.01. The molecule has 3 atom stereocenters. The standard InChI is InChI=1S/C24H23ClFN3O4/c1-29-21(30)24(28-22(29)27)17-10-13(14-8-15(25)11-16(26)9-14)2-3-19(17)33-20-4-5-23(12-18(20)24)31-6-7-32-23/h2-3,8-11,18,20H,4-7,12H2,1H3,(H2,27,28)/t18-,20?,24?/m0/s1. The number of guanidine groups is 1. The Kier molecular flexibility index (Phi) is 4.53. The predicted octanol–water partition coefficient (Wildman–Crippen LogP) is 3.43. The molecule has 2 spiro atoms. The van der Waals surface area contributed by atoms with Crippen molar-refractivity contribution in [1.82, 2.24) is 4.90 Å². The zero-order chi connectivity index (χ0) is 23.0. The highest BCUT2D eigenvalue weighted by Gasteiger charge is 2.63. The molecule has 4 aliphatic rings. The number of hydrogen-bond acceptors (Lipinski definition) is 6. The van der Waals surface area contributed by atoms with E-state index in [9.17, 15) is 9.18 Å². The molecular formula is C24H23ClFN3O4. The quantitative estimate of drug-likeness (QED) is 0.688. The molecule has 1 amide bonds. The van der Waals surface area contributed by atoms with Gasteiger partial charge in [0.15, 0.2) is 17.3 Å². The minimum absolute atomic E-state index is 0.152. The van der Waals surface area contributed by atoms with E-state index in [4.69, 9.17) is 36.5 Å². The van der Waals surface area contributed by atoms with Crippen molar-refractivity contribution < 1.29 is 23.4 Å². The average molecular weight is 472 g/mol. The highest BCUT2D eigenvalue weighted by Crippen LogP contribution is 2.56. The van der Waals surface area contributed by atoms with Gasteiger partial charge in [-0.25, -0.2) is 9.38 Å². The molecule has 1 aliphatic carbocycles. The summed E-state index contributed by atoms with van der Waals surface area (Å²) in [5.41, 5.74) is 6.80. The second kappa shape index (κ2) is 7.16. The molecule has 2 unspecified atom stereocenters. The molecule has 7 nitrogen and oxygen atoms in total. The van der Waals surface area contributed by atoms with Gasteiger partial charge in [-0.2, -0.15) is 0 Å². The smallest absolute Gasteiger partial charge is 0.262 e. The van der Waals surface area contributed by atoms with E-state index in [0.717, 1.165) is 0 Å². The van der Waals surface area contributed by atoms with Crippen LogP contribution in [0.4, 0.5) is 4.39 Å². The Hall–Kier alpha value is -2.68. The number of nitrogens with two attached hydrogens (primary N) is 1. The molecule has 1 saturated heterocycles. The summed E-state index contributed by atoms with van der Waals surface area (Å²) in [7, 11) is 1.62. The van der Waals surface area contributed by atoms with Crippen molar-refractivity contribution in [3.05, 3.63) is 52.8 Å². The molecule has 2 aromatic carbocycles. The van der Waals surface area contributed by atoms with Crippen molar-refractivity contribution in [3.8, 4) is 16.9 Å². The molecule has 1 saturated carbocycles. The van der Waals surface area contributed by atoms with Crippen LogP contribution in [-0.2, 0) is 19.8 Å². The molecule has 2 N–H and O–H groups in total. The van der Waals surface area contributed by atoms with Crippen LogP contribution >= 0.6 is 11.6 Å². The number of ether oxygens (including phenoxy) is 3. The van der Waals surface area contributed by atoms with Crippen LogP contribution in [0, 0.1) is 11.7 Å². The van der Waals surface area contributed by atoms with Crippen molar-refractivity contribution in [1.29, 1.82) is 0 Å². The lowest BCUT2D eigenvalue weighted by Crippen LogP contribution is -2.58. The Morgan fingerprint density at radius 2 is 1.97 bits per heavy atom. The number of amides is 1. The summed E-state index contributed by atoms with van der Waals surface area (Å²) in [6.07, 6.45) is 1.57. The molecule has 3 heterocycles. The minimum Gasteiger partial charge on any atom is -0.490 e. The number of fused-ring (bicyclic) bond motifs is 4. The summed E-state index contributed by atoms with van der Waals surface area (Å²) in [6.45, 7) is 1.04. The first-order valence-electron chi connectivity index (χ1n) is 11.0. The van der Waals surface area contributed by atoms with Gasteiger partial charge in [0.05, 0.1) is 13.2 Å². The van der Waals surface area contributed by atoms with Gasteiger partial charge in [-0.3, -0.25) is 9.69 Å². The number of hydrogen-bond donors (Lipinski definition) is 1. The first-order valence-corrected chi connectivity index (χ1v) is 11.4. The van der Waals surface area contributed by atoms with E-state index in [2.05, 4.69) is 0 Å². The van der Waals surface area contributed by atoms with Crippen molar-refractivity contribution >= 4 is 23.5 Å². The van der Waals surface area contributed by atoms with Gasteiger partial charge in [0, 0.05) is 36.4 Å². The van der Waals surface area contributed by atoms with E-state index in [1.54, 1.807) is 13.1 Å². The van der Waals surface area contributed by atoms with Crippen LogP contribution in [-0.4, -0.2) is 48.9 Å². The van der Waals surface area contributed by atoms with Crippen LogP contribution in [0.25, 0.3) is 11.1 Å². The van der Waals surface area contributed by atoms with Gasteiger partial charge in [-0.1, -0.05) is 17.7 Å². The molecule has 0 aromatic heterocycles. The zero-order valence-corrected chi connectivity index (χ0v) is 18.8. The maximum absolute atomic E-state index is 14.1. The number of rotatable bonds is 1. The number of likely N-dealkylation sites (N-methyl/N-ethyl adjacent to an activating group) is 1. The first-order chi connectivity index (χ1) is 15.8. The fourth-order valence-electron chi connectivity index (χ4n) is 5.72. The molecule has 0 radical (unpaired) electrons. The summed E-state index contributed by atoms with van der Waals surface area (Å²) < 4.78 is 32.4. The van der Waals surface area contributed by atoms with Gasteiger partial charge in [0.2, 0.25) is 0 Å². The highest BCUT2D eigenvalue weighted by molar-refractivity contribution is 6.30. The van der Waals surface area contributed by atoms with E-state index in [-0.39, 0.29) is 28.9 Å². The number of nitrogens with zero attached hydrogens (tertiary/aromatic N) is 2. The van der Waals surface area contributed by atoms with Gasteiger partial charge in [0.25, 0.3) is 5.91 Å². The third-order valence-corrected chi connectivity index (χ3v) is 7.49. The Morgan fingerprint density at radius 3 is 2.67 bits per heavy atom. The fraction of sp³-hybridized carbons (Fsp3) is 0.417. The molecule has 2 fully saturated rings. The topological polar surface area (TPSA) is 86.4 Å². The van der Waals surface area contributed by atoms with Gasteiger partial charge >= 0.3 is 0 Å². The molecule has 33 heavy (non-hydrogen) atoms. The Bertz CT molecular complexity index is 1180. The molecule has 6 rings (SSSR count). The lowest BCUT2D eigenvalue weighted by molar-refractivity contribution is -0.210. The monoisotopic (exact) mass is 471 g/mol. The lowest BCUT2D eigenvalue weighted by atomic mass is 9.65. The van der Waals surface area contributed by atoms with Gasteiger partial charge in [-0.15, -0.1) is 0 Å². The van der Waals surface area contributed by atoms with E-state index >= 15 is 0 Å². The number of carbonyl (C=O) groups is 1. The maximum Gasteiger partial charge on any atom is 0.262 e. The largest absolute Gasteiger partial charge is 0.490 e. The summed E-state index contributed by atoms with van der Waals surface area (Å²) in [5, 5.41) is 0.289. The van der Waals surface area contributed by atoms with Crippen LogP contribution in [0.1, 0.15) is 24.8 Å². The van der Waals surface area contributed by atoms with Crippen LogP contribution in [0.3, 0.4) is 0 Å². The van der Waals surface area contributed by atoms with E-state index in [1.165, 1.54) is 17.0 Å². The highest BCUT2D eigenvalue weighted by atomic mass is 35.5. The minimum atomic E-state index is -1.27. The van der Waals surface area contributed by atoms with E-state index in [1.807, 2.05) is 18.2 Å². The average Bonchev–Trinajstić information content (AvgIpc) is 3.33. The Morgan fingerprint density at radius 1 is 1.18 bits per heavy atom. The molecule has 3 aliphatic heterocycles. The van der Waals surface area contributed by atoms with Crippen LogP contribution in [0.2, 0.25) is 5.02 Å². The first kappa shape index (κ1) is 20.9. The lowest BCUT2D eigenvalue weighted by Gasteiger charge is -2.49. The van der Waals surface area contributed by atoms with Crippen molar-refractivity contribution in [2.45, 2.75) is 36.7 Å². The maximum atomic E-state index is 14.1. The van der Waals surface area contributed by atoms with Crippen LogP contribution in [0.15, 0.2) is 41.4 Å². The third-order valence-electron chi connectivity index (χ3n) is 7.27. The number of halogens is 2. The molecule has 172 valence electrons.